The first kappa shape index (κ1) is 16.2. The fourth-order valence-electron chi connectivity index (χ4n) is 2.16. The number of nitrogens with zero attached hydrogens (tertiary/aromatic N) is 2. The van der Waals surface area contributed by atoms with Gasteiger partial charge in [-0.25, -0.2) is 4.98 Å². The molecule has 0 aliphatic rings. The molecule has 3 rings (SSSR count). The monoisotopic (exact) mass is 337 g/mol. The maximum absolute atomic E-state index is 12.3. The molecule has 0 saturated heterocycles. The molecule has 3 aromatic rings. The Kier molecular flexibility index (Phi) is 4.70. The van der Waals surface area contributed by atoms with Crippen molar-refractivity contribution in [2.24, 2.45) is 0 Å². The van der Waals surface area contributed by atoms with Crippen molar-refractivity contribution in [3.63, 3.8) is 0 Å². The smallest absolute Gasteiger partial charge is 0.281 e. The van der Waals surface area contributed by atoms with E-state index in [2.05, 4.69) is 21.2 Å². The van der Waals surface area contributed by atoms with Crippen LogP contribution in [0.3, 0.4) is 0 Å². The zero-order chi connectivity index (χ0) is 17.6. The average molecular weight is 337 g/mol. The summed E-state index contributed by atoms with van der Waals surface area (Å²) in [5.41, 5.74) is 5.39. The van der Waals surface area contributed by atoms with Gasteiger partial charge in [0.2, 0.25) is 0 Å². The van der Waals surface area contributed by atoms with Gasteiger partial charge in [0.05, 0.1) is 12.7 Å². The largest absolute Gasteiger partial charge is 0.370 e. The molecule has 0 unspecified atom stereocenters. The van der Waals surface area contributed by atoms with E-state index in [1.807, 2.05) is 0 Å². The van der Waals surface area contributed by atoms with Crippen molar-refractivity contribution in [3.05, 3.63) is 76.8 Å². The Hall–Kier alpha value is -3.68. The Labute approximate surface area is 142 Å². The quantitative estimate of drug-likeness (QED) is 0.604. The fourth-order valence-corrected chi connectivity index (χ4v) is 2.16. The standard InChI is InChI=1S/C17H15N5O3/c23-15(20-21-16(24)12-6-2-1-3-7-12)11-18-13-10-19-14-8-4-5-9-22(14)17(13)25/h1-10,18H,11H2,(H,20,23)(H,21,24). The van der Waals surface area contributed by atoms with Gasteiger partial charge in [0.25, 0.3) is 17.4 Å². The molecule has 0 bridgehead atoms. The fraction of sp³-hybridized carbons (Fsp3) is 0.0588. The van der Waals surface area contributed by atoms with Gasteiger partial charge >= 0.3 is 0 Å². The molecule has 0 spiro atoms. The van der Waals surface area contributed by atoms with E-state index in [9.17, 15) is 14.4 Å². The minimum absolute atomic E-state index is 0.188. The first-order chi connectivity index (χ1) is 12.1. The predicted octanol–water partition coefficient (Wildman–Crippen LogP) is 0.568. The normalized spacial score (nSPS) is 10.2. The first-order valence-electron chi connectivity index (χ1n) is 7.49. The van der Waals surface area contributed by atoms with Crippen LogP contribution in [-0.2, 0) is 4.79 Å². The second-order valence-corrected chi connectivity index (χ2v) is 5.13. The van der Waals surface area contributed by atoms with Crippen molar-refractivity contribution >= 4 is 23.1 Å². The Bertz CT molecular complexity index is 969. The van der Waals surface area contributed by atoms with Crippen LogP contribution in [0.5, 0.6) is 0 Å². The van der Waals surface area contributed by atoms with E-state index >= 15 is 0 Å². The summed E-state index contributed by atoms with van der Waals surface area (Å²) in [6, 6.07) is 13.7. The lowest BCUT2D eigenvalue weighted by Gasteiger charge is -2.09. The molecule has 2 aromatic heterocycles. The van der Waals surface area contributed by atoms with Crippen LogP contribution in [0.15, 0.2) is 65.7 Å². The molecule has 0 radical (unpaired) electrons. The molecular formula is C17H15N5O3. The van der Waals surface area contributed by atoms with E-state index in [0.717, 1.165) is 0 Å². The van der Waals surface area contributed by atoms with Gasteiger partial charge in [0.15, 0.2) is 0 Å². The van der Waals surface area contributed by atoms with Gasteiger partial charge in [-0.1, -0.05) is 24.3 Å². The Balaban J connectivity index is 1.57. The van der Waals surface area contributed by atoms with E-state index in [-0.39, 0.29) is 17.8 Å². The summed E-state index contributed by atoms with van der Waals surface area (Å²) in [5, 5.41) is 2.71. The van der Waals surface area contributed by atoms with Gasteiger partial charge in [0, 0.05) is 11.8 Å². The lowest BCUT2D eigenvalue weighted by atomic mass is 10.2. The summed E-state index contributed by atoms with van der Waals surface area (Å²) >= 11 is 0. The van der Waals surface area contributed by atoms with Gasteiger partial charge in [0.1, 0.15) is 11.3 Å². The van der Waals surface area contributed by atoms with Crippen molar-refractivity contribution < 1.29 is 9.59 Å². The maximum Gasteiger partial charge on any atom is 0.281 e. The van der Waals surface area contributed by atoms with Crippen molar-refractivity contribution in [1.29, 1.82) is 0 Å². The lowest BCUT2D eigenvalue weighted by molar-refractivity contribution is -0.120. The minimum Gasteiger partial charge on any atom is -0.370 e. The molecule has 0 fully saturated rings. The number of carbonyl (C=O) groups excluding carboxylic acids is 2. The summed E-state index contributed by atoms with van der Waals surface area (Å²) in [7, 11) is 0. The zero-order valence-corrected chi connectivity index (χ0v) is 13.1. The van der Waals surface area contributed by atoms with Crippen LogP contribution in [0.4, 0.5) is 5.69 Å². The average Bonchev–Trinajstić information content (AvgIpc) is 2.66. The Morgan fingerprint density at radius 2 is 1.76 bits per heavy atom. The first-order valence-corrected chi connectivity index (χ1v) is 7.49. The molecule has 8 nitrogen and oxygen atoms in total. The molecule has 0 aliphatic heterocycles. The summed E-state index contributed by atoms with van der Waals surface area (Å²) in [4.78, 5) is 40.0. The van der Waals surface area contributed by atoms with Crippen LogP contribution in [0.2, 0.25) is 0 Å². The molecular weight excluding hydrogens is 322 g/mol. The SMILES string of the molecule is O=C(CNc1cnc2ccccn2c1=O)NNC(=O)c1ccccc1. The number of nitrogens with one attached hydrogen (secondary N) is 3. The number of rotatable bonds is 4. The van der Waals surface area contributed by atoms with Crippen molar-refractivity contribution in [1.82, 2.24) is 20.2 Å². The van der Waals surface area contributed by atoms with Crippen LogP contribution in [0.1, 0.15) is 10.4 Å². The van der Waals surface area contributed by atoms with Gasteiger partial charge < -0.3 is 5.32 Å². The van der Waals surface area contributed by atoms with E-state index in [4.69, 9.17) is 0 Å². The number of anilines is 1. The highest BCUT2D eigenvalue weighted by Gasteiger charge is 2.08. The van der Waals surface area contributed by atoms with Crippen LogP contribution in [0, 0.1) is 0 Å². The van der Waals surface area contributed by atoms with E-state index in [1.165, 1.54) is 10.6 Å². The molecule has 2 heterocycles. The molecule has 0 saturated carbocycles. The maximum atomic E-state index is 12.3. The van der Waals surface area contributed by atoms with Crippen molar-refractivity contribution in [2.75, 3.05) is 11.9 Å². The van der Waals surface area contributed by atoms with Gasteiger partial charge in [-0.2, -0.15) is 0 Å². The van der Waals surface area contributed by atoms with Crippen LogP contribution >= 0.6 is 0 Å². The number of fused-ring (bicyclic) bond motifs is 1. The molecule has 8 heteroatoms. The van der Waals surface area contributed by atoms with Crippen LogP contribution < -0.4 is 21.7 Å². The molecule has 3 N–H and O–H groups in total. The number of aromatic nitrogens is 2. The highest BCUT2D eigenvalue weighted by atomic mass is 16.2. The minimum atomic E-state index is -0.498. The van der Waals surface area contributed by atoms with E-state index < -0.39 is 11.8 Å². The van der Waals surface area contributed by atoms with Gasteiger partial charge in [-0.05, 0) is 24.3 Å². The Morgan fingerprint density at radius 3 is 2.56 bits per heavy atom. The molecule has 0 aliphatic carbocycles. The van der Waals surface area contributed by atoms with Crippen LogP contribution in [0.25, 0.3) is 5.65 Å². The number of hydrogen-bond acceptors (Lipinski definition) is 5. The number of benzene rings is 1. The summed E-state index contributed by atoms with van der Waals surface area (Å²) < 4.78 is 1.37. The molecule has 0 atom stereocenters. The van der Waals surface area contributed by atoms with Gasteiger partial charge in [-0.3, -0.25) is 29.6 Å². The molecule has 2 amide bonds. The second kappa shape index (κ2) is 7.26. The Morgan fingerprint density at radius 1 is 1.00 bits per heavy atom. The highest BCUT2D eigenvalue weighted by Crippen LogP contribution is 2.01. The molecule has 126 valence electrons. The van der Waals surface area contributed by atoms with Crippen molar-refractivity contribution in [2.45, 2.75) is 0 Å². The zero-order valence-electron chi connectivity index (χ0n) is 13.1. The lowest BCUT2D eigenvalue weighted by Crippen LogP contribution is -2.44. The highest BCUT2D eigenvalue weighted by molar-refractivity contribution is 5.95. The molecule has 25 heavy (non-hydrogen) atoms. The number of pyridine rings is 1. The topological polar surface area (TPSA) is 105 Å². The van der Waals surface area contributed by atoms with Crippen LogP contribution in [-0.4, -0.2) is 27.7 Å². The second-order valence-electron chi connectivity index (χ2n) is 5.13. The number of hydrazine groups is 1. The third kappa shape index (κ3) is 3.81. The third-order valence-electron chi connectivity index (χ3n) is 3.40. The van der Waals surface area contributed by atoms with Gasteiger partial charge in [-0.15, -0.1) is 0 Å². The summed E-state index contributed by atoms with van der Waals surface area (Å²) in [6.45, 7) is -0.190. The summed E-state index contributed by atoms with van der Waals surface area (Å²) in [5.74, 6) is -0.928. The predicted molar refractivity (Wildman–Crippen MR) is 92.0 cm³/mol. The summed E-state index contributed by atoms with van der Waals surface area (Å²) in [6.07, 6.45) is 2.96. The van der Waals surface area contributed by atoms with E-state index in [1.54, 1.807) is 54.7 Å². The number of hydrogen-bond donors (Lipinski definition) is 3. The number of amides is 2. The molecule has 1 aromatic carbocycles. The third-order valence-corrected chi connectivity index (χ3v) is 3.40. The number of carbonyl (C=O) groups is 2. The van der Waals surface area contributed by atoms with Crippen molar-refractivity contribution in [3.8, 4) is 0 Å². The van der Waals surface area contributed by atoms with E-state index in [0.29, 0.717) is 11.2 Å².